The molecule has 0 aromatic heterocycles. The van der Waals surface area contributed by atoms with Crippen LogP contribution in [0.4, 0.5) is 0 Å². The summed E-state index contributed by atoms with van der Waals surface area (Å²) in [6.45, 7) is 1.41. The molecule has 1 rings (SSSR count). The van der Waals surface area contributed by atoms with Gasteiger partial charge in [-0.1, -0.05) is 18.2 Å². The molecule has 0 fully saturated rings. The fourth-order valence-corrected chi connectivity index (χ4v) is 1.80. The Hall–Kier alpha value is -1.42. The van der Waals surface area contributed by atoms with E-state index >= 15 is 0 Å². The predicted octanol–water partition coefficient (Wildman–Crippen LogP) is 0.197. The lowest BCUT2D eigenvalue weighted by molar-refractivity contribution is 0.581. The average Bonchev–Trinajstić information content (AvgIpc) is 2.27. The summed E-state index contributed by atoms with van der Waals surface area (Å²) in [6, 6.07) is 9.42. The molecule has 1 aromatic carbocycles. The molecule has 6 heteroatoms. The highest BCUT2D eigenvalue weighted by atomic mass is 32.2. The van der Waals surface area contributed by atoms with Crippen LogP contribution in [0.25, 0.3) is 0 Å². The molecule has 0 unspecified atom stereocenters. The van der Waals surface area contributed by atoms with E-state index in [4.69, 9.17) is 5.26 Å². The Morgan fingerprint density at radius 2 is 2.00 bits per heavy atom. The van der Waals surface area contributed by atoms with E-state index in [2.05, 4.69) is 16.1 Å². The summed E-state index contributed by atoms with van der Waals surface area (Å²) in [4.78, 5) is 0. The normalized spacial score (nSPS) is 11.1. The molecular formula is C11H15N3O2S. The summed E-state index contributed by atoms with van der Waals surface area (Å²) >= 11 is 0. The highest BCUT2D eigenvalue weighted by Crippen LogP contribution is 2.06. The summed E-state index contributed by atoms with van der Waals surface area (Å²) < 4.78 is 23.9. The Kier molecular flexibility index (Phi) is 5.10. The van der Waals surface area contributed by atoms with Crippen LogP contribution in [0.3, 0.4) is 0 Å². The quantitative estimate of drug-likeness (QED) is 0.709. The van der Waals surface area contributed by atoms with Crippen LogP contribution in [0.1, 0.15) is 11.1 Å². The van der Waals surface area contributed by atoms with Crippen LogP contribution < -0.4 is 10.0 Å². The average molecular weight is 253 g/mol. The molecule has 17 heavy (non-hydrogen) atoms. The first-order valence-corrected chi connectivity index (χ1v) is 7.05. The summed E-state index contributed by atoms with van der Waals surface area (Å²) in [5.41, 5.74) is 1.55. The molecule has 0 radical (unpaired) electrons. The van der Waals surface area contributed by atoms with E-state index in [0.29, 0.717) is 25.2 Å². The Labute approximate surface area is 102 Å². The van der Waals surface area contributed by atoms with Gasteiger partial charge in [0.05, 0.1) is 17.9 Å². The number of hydrogen-bond acceptors (Lipinski definition) is 4. The van der Waals surface area contributed by atoms with E-state index in [-0.39, 0.29) is 0 Å². The van der Waals surface area contributed by atoms with Gasteiger partial charge in [0.1, 0.15) is 0 Å². The van der Waals surface area contributed by atoms with Gasteiger partial charge in [-0.15, -0.1) is 0 Å². The molecule has 0 spiro atoms. The Bertz CT molecular complexity index is 506. The summed E-state index contributed by atoms with van der Waals surface area (Å²) in [7, 11) is -3.12. The van der Waals surface area contributed by atoms with E-state index in [9.17, 15) is 8.42 Å². The van der Waals surface area contributed by atoms with Gasteiger partial charge in [0.2, 0.25) is 10.0 Å². The van der Waals surface area contributed by atoms with Crippen molar-refractivity contribution in [2.75, 3.05) is 19.3 Å². The lowest BCUT2D eigenvalue weighted by Gasteiger charge is -2.06. The molecule has 0 bridgehead atoms. The number of nitrogens with one attached hydrogen (secondary N) is 2. The Balaban J connectivity index is 2.34. The van der Waals surface area contributed by atoms with Crippen molar-refractivity contribution in [3.05, 3.63) is 35.4 Å². The maximum atomic E-state index is 10.8. The van der Waals surface area contributed by atoms with E-state index in [1.807, 2.05) is 18.2 Å². The van der Waals surface area contributed by atoms with Crippen molar-refractivity contribution in [3.8, 4) is 6.07 Å². The minimum absolute atomic E-state index is 0.341. The second kappa shape index (κ2) is 6.35. The number of benzene rings is 1. The Morgan fingerprint density at radius 3 is 2.65 bits per heavy atom. The van der Waals surface area contributed by atoms with Gasteiger partial charge in [0, 0.05) is 19.6 Å². The topological polar surface area (TPSA) is 82.0 Å². The van der Waals surface area contributed by atoms with Crippen molar-refractivity contribution in [2.24, 2.45) is 0 Å². The van der Waals surface area contributed by atoms with Gasteiger partial charge >= 0.3 is 0 Å². The zero-order valence-electron chi connectivity index (χ0n) is 9.60. The van der Waals surface area contributed by atoms with Crippen molar-refractivity contribution in [3.63, 3.8) is 0 Å². The first-order valence-electron chi connectivity index (χ1n) is 5.16. The summed E-state index contributed by atoms with van der Waals surface area (Å²) in [5, 5.41) is 11.9. The van der Waals surface area contributed by atoms with Crippen LogP contribution in [0, 0.1) is 11.3 Å². The van der Waals surface area contributed by atoms with Gasteiger partial charge in [-0.05, 0) is 11.6 Å². The van der Waals surface area contributed by atoms with Crippen molar-refractivity contribution in [2.45, 2.75) is 6.54 Å². The largest absolute Gasteiger partial charge is 0.311 e. The molecule has 0 saturated heterocycles. The van der Waals surface area contributed by atoms with Crippen LogP contribution >= 0.6 is 0 Å². The SMILES string of the molecule is CS(=O)(=O)NCCNCc1ccccc1C#N. The van der Waals surface area contributed by atoms with Crippen LogP contribution in [0.2, 0.25) is 0 Å². The predicted molar refractivity (Wildman–Crippen MR) is 65.7 cm³/mol. The van der Waals surface area contributed by atoms with Gasteiger partial charge in [0.15, 0.2) is 0 Å². The van der Waals surface area contributed by atoms with Crippen LogP contribution in [-0.2, 0) is 16.6 Å². The highest BCUT2D eigenvalue weighted by Gasteiger charge is 2.01. The van der Waals surface area contributed by atoms with E-state index in [0.717, 1.165) is 11.8 Å². The number of hydrogen-bond donors (Lipinski definition) is 2. The van der Waals surface area contributed by atoms with Crippen molar-refractivity contribution >= 4 is 10.0 Å². The molecule has 0 aliphatic carbocycles. The molecule has 0 atom stereocenters. The van der Waals surface area contributed by atoms with E-state index in [1.54, 1.807) is 6.07 Å². The Morgan fingerprint density at radius 1 is 1.29 bits per heavy atom. The third-order valence-electron chi connectivity index (χ3n) is 2.12. The van der Waals surface area contributed by atoms with Crippen molar-refractivity contribution in [1.29, 1.82) is 5.26 Å². The second-order valence-electron chi connectivity index (χ2n) is 3.61. The molecule has 1 aromatic rings. The maximum Gasteiger partial charge on any atom is 0.208 e. The zero-order valence-corrected chi connectivity index (χ0v) is 10.4. The van der Waals surface area contributed by atoms with Crippen LogP contribution in [-0.4, -0.2) is 27.8 Å². The molecule has 92 valence electrons. The summed E-state index contributed by atoms with van der Waals surface area (Å²) in [5.74, 6) is 0. The molecule has 0 saturated carbocycles. The first-order chi connectivity index (χ1) is 8.03. The lowest BCUT2D eigenvalue weighted by atomic mass is 10.1. The molecule has 5 nitrogen and oxygen atoms in total. The lowest BCUT2D eigenvalue weighted by Crippen LogP contribution is -2.30. The number of nitriles is 1. The molecule has 2 N–H and O–H groups in total. The van der Waals surface area contributed by atoms with Gasteiger partial charge in [-0.25, -0.2) is 13.1 Å². The van der Waals surface area contributed by atoms with Gasteiger partial charge in [0.25, 0.3) is 0 Å². The van der Waals surface area contributed by atoms with Crippen LogP contribution in [0.5, 0.6) is 0 Å². The molecule has 0 amide bonds. The van der Waals surface area contributed by atoms with E-state index in [1.165, 1.54) is 0 Å². The van der Waals surface area contributed by atoms with Gasteiger partial charge in [-0.3, -0.25) is 0 Å². The third kappa shape index (κ3) is 5.45. The standard InChI is InChI=1S/C11H15N3O2S/c1-17(15,16)14-7-6-13-9-11-5-3-2-4-10(11)8-12/h2-5,13-14H,6-7,9H2,1H3. The monoisotopic (exact) mass is 253 g/mol. The fourth-order valence-electron chi connectivity index (χ4n) is 1.33. The first kappa shape index (κ1) is 13.6. The number of rotatable bonds is 6. The fraction of sp³-hybridized carbons (Fsp3) is 0.364. The molecule has 0 aliphatic heterocycles. The van der Waals surface area contributed by atoms with Gasteiger partial charge in [-0.2, -0.15) is 5.26 Å². The third-order valence-corrected chi connectivity index (χ3v) is 2.85. The number of sulfonamides is 1. The number of nitrogens with zero attached hydrogens (tertiary/aromatic N) is 1. The molecule has 0 aliphatic rings. The maximum absolute atomic E-state index is 10.8. The van der Waals surface area contributed by atoms with Crippen LogP contribution in [0.15, 0.2) is 24.3 Å². The summed E-state index contributed by atoms with van der Waals surface area (Å²) in [6.07, 6.45) is 1.12. The molecular weight excluding hydrogens is 238 g/mol. The second-order valence-corrected chi connectivity index (χ2v) is 5.45. The smallest absolute Gasteiger partial charge is 0.208 e. The van der Waals surface area contributed by atoms with Crippen molar-refractivity contribution < 1.29 is 8.42 Å². The van der Waals surface area contributed by atoms with Crippen molar-refractivity contribution in [1.82, 2.24) is 10.0 Å². The van der Waals surface area contributed by atoms with E-state index < -0.39 is 10.0 Å². The minimum atomic E-state index is -3.12. The minimum Gasteiger partial charge on any atom is -0.311 e. The molecule has 0 heterocycles. The van der Waals surface area contributed by atoms with Gasteiger partial charge < -0.3 is 5.32 Å². The zero-order chi connectivity index (χ0) is 12.7. The highest BCUT2D eigenvalue weighted by molar-refractivity contribution is 7.88.